The van der Waals surface area contributed by atoms with Crippen LogP contribution in [-0.4, -0.2) is 28.8 Å². The second-order valence-electron chi connectivity index (χ2n) is 7.35. The Morgan fingerprint density at radius 1 is 1.31 bits per heavy atom. The van der Waals surface area contributed by atoms with E-state index < -0.39 is 17.2 Å². The van der Waals surface area contributed by atoms with Gasteiger partial charge in [-0.05, 0) is 24.5 Å². The maximum Gasteiger partial charge on any atom is 0.330 e. The summed E-state index contributed by atoms with van der Waals surface area (Å²) in [5, 5.41) is 0. The minimum Gasteiger partial charge on any atom is -0.454 e. The lowest BCUT2D eigenvalue weighted by Gasteiger charge is -2.26. The second-order valence-corrected chi connectivity index (χ2v) is 7.35. The number of benzene rings is 1. The molecule has 1 amide bonds. The van der Waals surface area contributed by atoms with Gasteiger partial charge in [0, 0.05) is 13.1 Å². The Morgan fingerprint density at radius 3 is 2.76 bits per heavy atom. The molecule has 0 radical (unpaired) electrons. The van der Waals surface area contributed by atoms with E-state index in [4.69, 9.17) is 15.2 Å². The zero-order valence-corrected chi connectivity index (χ0v) is 16.9. The Balaban J connectivity index is 2.13. The van der Waals surface area contributed by atoms with E-state index in [1.807, 2.05) is 20.8 Å². The number of aromatic nitrogens is 2. The standard InChI is InChI=1S/C20H26N4O5/c1-4-5-9-23-17(21)15(18(25)22-20(23)27)24(10-12(2)3)19(26)13-7-6-8-14-16(13)29-11-28-14/h6-8,12H,4-5,9-11,21H2,1-3H3,(H,22,25,27). The zero-order valence-electron chi connectivity index (χ0n) is 16.9. The van der Waals surface area contributed by atoms with Crippen molar-refractivity contribution in [1.82, 2.24) is 9.55 Å². The molecule has 1 aliphatic rings. The highest BCUT2D eigenvalue weighted by atomic mass is 16.7. The van der Waals surface area contributed by atoms with Gasteiger partial charge in [0.2, 0.25) is 6.79 Å². The van der Waals surface area contributed by atoms with Crippen molar-refractivity contribution in [3.8, 4) is 11.5 Å². The number of nitrogens with one attached hydrogen (secondary N) is 1. The summed E-state index contributed by atoms with van der Waals surface area (Å²) < 4.78 is 12.1. The molecule has 0 bridgehead atoms. The number of hydrogen-bond donors (Lipinski definition) is 2. The van der Waals surface area contributed by atoms with E-state index in [0.717, 1.165) is 6.42 Å². The lowest BCUT2D eigenvalue weighted by Crippen LogP contribution is -2.42. The molecular formula is C20H26N4O5. The maximum atomic E-state index is 13.4. The number of carbonyl (C=O) groups excluding carboxylic acids is 1. The van der Waals surface area contributed by atoms with E-state index in [9.17, 15) is 14.4 Å². The van der Waals surface area contributed by atoms with Gasteiger partial charge in [0.1, 0.15) is 5.82 Å². The van der Waals surface area contributed by atoms with Crippen molar-refractivity contribution in [1.29, 1.82) is 0 Å². The van der Waals surface area contributed by atoms with E-state index in [0.29, 0.717) is 24.5 Å². The molecule has 9 nitrogen and oxygen atoms in total. The number of fused-ring (bicyclic) bond motifs is 1. The monoisotopic (exact) mass is 402 g/mol. The number of nitrogens with zero attached hydrogens (tertiary/aromatic N) is 2. The Bertz CT molecular complexity index is 1020. The van der Waals surface area contributed by atoms with Crippen LogP contribution < -0.4 is 31.4 Å². The number of carbonyl (C=O) groups is 1. The molecule has 0 saturated carbocycles. The number of nitrogen functional groups attached to an aromatic ring is 1. The van der Waals surface area contributed by atoms with E-state index in [-0.39, 0.29) is 36.3 Å². The van der Waals surface area contributed by atoms with Crippen molar-refractivity contribution in [2.24, 2.45) is 5.92 Å². The predicted molar refractivity (Wildman–Crippen MR) is 110 cm³/mol. The lowest BCUT2D eigenvalue weighted by molar-refractivity contribution is 0.0979. The summed E-state index contributed by atoms with van der Waals surface area (Å²) >= 11 is 0. The van der Waals surface area contributed by atoms with Gasteiger partial charge in [0.05, 0.1) is 5.56 Å². The molecule has 1 aromatic carbocycles. The summed E-state index contributed by atoms with van der Waals surface area (Å²) in [6.45, 7) is 6.45. The van der Waals surface area contributed by atoms with Crippen LogP contribution in [0.3, 0.4) is 0 Å². The average Bonchev–Trinajstić information content (AvgIpc) is 3.15. The first-order valence-corrected chi connectivity index (χ1v) is 9.68. The van der Waals surface area contributed by atoms with Gasteiger partial charge >= 0.3 is 5.69 Å². The lowest BCUT2D eigenvalue weighted by atomic mass is 10.1. The predicted octanol–water partition coefficient (Wildman–Crippen LogP) is 1.95. The molecule has 2 heterocycles. The fourth-order valence-electron chi connectivity index (χ4n) is 3.26. The summed E-state index contributed by atoms with van der Waals surface area (Å²) in [6, 6.07) is 5.00. The van der Waals surface area contributed by atoms with Crippen molar-refractivity contribution in [3.63, 3.8) is 0 Å². The van der Waals surface area contributed by atoms with Gasteiger partial charge in [0.15, 0.2) is 17.2 Å². The van der Waals surface area contributed by atoms with Crippen molar-refractivity contribution >= 4 is 17.4 Å². The molecule has 156 valence electrons. The van der Waals surface area contributed by atoms with Gasteiger partial charge in [-0.2, -0.15) is 0 Å². The fraction of sp³-hybridized carbons (Fsp3) is 0.450. The minimum absolute atomic E-state index is 0.0222. The molecule has 1 aliphatic heterocycles. The van der Waals surface area contributed by atoms with E-state index in [2.05, 4.69) is 4.98 Å². The molecule has 0 saturated heterocycles. The van der Waals surface area contributed by atoms with Crippen LogP contribution in [0.5, 0.6) is 11.5 Å². The zero-order chi connectivity index (χ0) is 21.1. The Morgan fingerprint density at radius 2 is 2.07 bits per heavy atom. The first kappa shape index (κ1) is 20.5. The van der Waals surface area contributed by atoms with Crippen LogP contribution in [0, 0.1) is 5.92 Å². The fourth-order valence-corrected chi connectivity index (χ4v) is 3.26. The van der Waals surface area contributed by atoms with Crippen molar-refractivity contribution in [2.45, 2.75) is 40.2 Å². The third kappa shape index (κ3) is 3.98. The summed E-state index contributed by atoms with van der Waals surface area (Å²) in [7, 11) is 0. The summed E-state index contributed by atoms with van der Waals surface area (Å²) in [4.78, 5) is 42.0. The molecule has 2 aromatic rings. The average molecular weight is 402 g/mol. The number of H-pyrrole nitrogens is 1. The van der Waals surface area contributed by atoms with Crippen LogP contribution in [0.25, 0.3) is 0 Å². The first-order valence-electron chi connectivity index (χ1n) is 9.68. The number of para-hydroxylation sites is 1. The van der Waals surface area contributed by atoms with Crippen LogP contribution in [0.15, 0.2) is 27.8 Å². The van der Waals surface area contributed by atoms with E-state index in [1.54, 1.807) is 18.2 Å². The highest BCUT2D eigenvalue weighted by Crippen LogP contribution is 2.36. The minimum atomic E-state index is -0.695. The number of hydrogen-bond acceptors (Lipinski definition) is 6. The van der Waals surface area contributed by atoms with Crippen LogP contribution in [0.1, 0.15) is 44.0 Å². The third-order valence-corrected chi connectivity index (χ3v) is 4.64. The van der Waals surface area contributed by atoms with Crippen molar-refractivity contribution in [3.05, 3.63) is 44.6 Å². The van der Waals surface area contributed by atoms with Crippen LogP contribution >= 0.6 is 0 Å². The number of aromatic amines is 1. The van der Waals surface area contributed by atoms with Gasteiger partial charge in [-0.15, -0.1) is 0 Å². The van der Waals surface area contributed by atoms with Gasteiger partial charge in [0.25, 0.3) is 11.5 Å². The highest BCUT2D eigenvalue weighted by Gasteiger charge is 2.30. The van der Waals surface area contributed by atoms with E-state index in [1.165, 1.54) is 9.47 Å². The van der Waals surface area contributed by atoms with Gasteiger partial charge in [-0.1, -0.05) is 33.3 Å². The molecule has 0 spiro atoms. The quantitative estimate of drug-likeness (QED) is 0.730. The molecule has 3 rings (SSSR count). The highest BCUT2D eigenvalue weighted by molar-refractivity contribution is 6.09. The van der Waals surface area contributed by atoms with Gasteiger partial charge in [-0.3, -0.25) is 19.1 Å². The Hall–Kier alpha value is -3.23. The molecular weight excluding hydrogens is 376 g/mol. The smallest absolute Gasteiger partial charge is 0.330 e. The summed E-state index contributed by atoms with van der Waals surface area (Å²) in [5.41, 5.74) is 5.18. The number of anilines is 2. The molecule has 0 unspecified atom stereocenters. The van der Waals surface area contributed by atoms with Crippen LogP contribution in [0.2, 0.25) is 0 Å². The summed E-state index contributed by atoms with van der Waals surface area (Å²) in [6.07, 6.45) is 1.56. The molecule has 0 fully saturated rings. The molecule has 0 aliphatic carbocycles. The number of amides is 1. The van der Waals surface area contributed by atoms with Crippen LogP contribution in [-0.2, 0) is 6.54 Å². The number of rotatable bonds is 7. The van der Waals surface area contributed by atoms with E-state index >= 15 is 0 Å². The van der Waals surface area contributed by atoms with Crippen LogP contribution in [0.4, 0.5) is 11.5 Å². The Labute approximate surface area is 168 Å². The molecule has 0 atom stereocenters. The number of ether oxygens (including phenoxy) is 2. The number of nitrogens with two attached hydrogens (primary N) is 1. The van der Waals surface area contributed by atoms with Gasteiger partial charge in [-0.25, -0.2) is 4.79 Å². The van der Waals surface area contributed by atoms with Crippen molar-refractivity contribution in [2.75, 3.05) is 24.0 Å². The molecule has 9 heteroatoms. The molecule has 1 aromatic heterocycles. The maximum absolute atomic E-state index is 13.4. The largest absolute Gasteiger partial charge is 0.454 e. The van der Waals surface area contributed by atoms with Crippen molar-refractivity contribution < 1.29 is 14.3 Å². The Kier molecular flexibility index (Phi) is 5.95. The first-order chi connectivity index (χ1) is 13.8. The topological polar surface area (TPSA) is 120 Å². The van der Waals surface area contributed by atoms with Gasteiger partial charge < -0.3 is 20.1 Å². The molecule has 29 heavy (non-hydrogen) atoms. The third-order valence-electron chi connectivity index (χ3n) is 4.64. The normalized spacial score (nSPS) is 12.4. The number of unbranched alkanes of at least 4 members (excludes halogenated alkanes) is 1. The molecule has 3 N–H and O–H groups in total. The SMILES string of the molecule is CCCCn1c(N)c(N(CC(C)C)C(=O)c2cccc3c2OCO3)c(=O)[nH]c1=O. The summed E-state index contributed by atoms with van der Waals surface area (Å²) in [5.74, 6) is 0.378. The second kappa shape index (κ2) is 8.42.